The summed E-state index contributed by atoms with van der Waals surface area (Å²) >= 11 is 6.50. The number of nitrogens with zero attached hydrogens (tertiary/aromatic N) is 6. The average Bonchev–Trinajstić information content (AvgIpc) is 3.03. The van der Waals surface area contributed by atoms with Gasteiger partial charge in [-0.25, -0.2) is 9.78 Å². The Morgan fingerprint density at radius 1 is 0.953 bits per heavy atom. The number of halogens is 1. The molecule has 2 aliphatic rings. The number of aliphatic hydroxyl groups excluding tert-OH is 1. The molecule has 2 fully saturated rings. The molecule has 0 bridgehead atoms. The molecule has 3 heterocycles. The Morgan fingerprint density at radius 2 is 1.60 bits per heavy atom. The third kappa shape index (κ3) is 7.73. The summed E-state index contributed by atoms with van der Waals surface area (Å²) in [7, 11) is 2.08. The number of carbonyl (C=O) groups excluding carboxylic acids is 2. The highest BCUT2D eigenvalue weighted by Gasteiger charge is 2.25. The van der Waals surface area contributed by atoms with E-state index in [1.54, 1.807) is 35.4 Å². The van der Waals surface area contributed by atoms with Gasteiger partial charge in [-0.15, -0.1) is 0 Å². The molecule has 1 aromatic heterocycles. The van der Waals surface area contributed by atoms with Gasteiger partial charge < -0.3 is 35.3 Å². The highest BCUT2D eigenvalue weighted by atomic mass is 35.5. The molecular weight excluding hydrogens is 568 g/mol. The number of benzene rings is 2. The predicted molar refractivity (Wildman–Crippen MR) is 171 cm³/mol. The van der Waals surface area contributed by atoms with Crippen molar-refractivity contribution in [1.82, 2.24) is 19.8 Å². The number of hydrogen-bond donors (Lipinski definition) is 3. The van der Waals surface area contributed by atoms with E-state index in [0.717, 1.165) is 31.6 Å². The number of piperazine rings is 1. The molecule has 2 saturated heterocycles. The zero-order chi connectivity index (χ0) is 30.3. The Balaban J connectivity index is 1.13. The van der Waals surface area contributed by atoms with Crippen LogP contribution in [0.4, 0.5) is 33.6 Å². The Hall–Kier alpha value is -3.93. The second kappa shape index (κ2) is 14.0. The molecule has 0 spiro atoms. The van der Waals surface area contributed by atoms with Crippen LogP contribution in [0, 0.1) is 0 Å². The van der Waals surface area contributed by atoms with Gasteiger partial charge in [0.25, 0.3) is 0 Å². The first kappa shape index (κ1) is 30.5. The minimum absolute atomic E-state index is 0.0141. The van der Waals surface area contributed by atoms with E-state index in [1.165, 1.54) is 12.6 Å². The molecule has 228 valence electrons. The summed E-state index contributed by atoms with van der Waals surface area (Å²) in [4.78, 5) is 41.8. The zero-order valence-electron chi connectivity index (χ0n) is 24.7. The van der Waals surface area contributed by atoms with Crippen molar-refractivity contribution in [2.45, 2.75) is 25.8 Å². The molecule has 0 unspecified atom stereocenters. The lowest BCUT2D eigenvalue weighted by molar-refractivity contribution is 0.101. The number of nitrogens with one attached hydrogen (secondary N) is 2. The number of rotatable bonds is 9. The number of piperidine rings is 1. The van der Waals surface area contributed by atoms with Gasteiger partial charge in [-0.3, -0.25) is 4.79 Å². The molecule has 0 saturated carbocycles. The summed E-state index contributed by atoms with van der Waals surface area (Å²) in [6.07, 6.45) is 3.75. The van der Waals surface area contributed by atoms with Crippen molar-refractivity contribution in [3.05, 3.63) is 65.3 Å². The molecule has 0 atom stereocenters. The van der Waals surface area contributed by atoms with Gasteiger partial charge in [0, 0.05) is 74.5 Å². The van der Waals surface area contributed by atoms with E-state index in [4.69, 9.17) is 16.6 Å². The van der Waals surface area contributed by atoms with Crippen molar-refractivity contribution in [1.29, 1.82) is 0 Å². The molecule has 2 aliphatic heterocycles. The van der Waals surface area contributed by atoms with Crippen molar-refractivity contribution in [2.75, 3.05) is 79.9 Å². The van der Waals surface area contributed by atoms with Crippen LogP contribution in [0.25, 0.3) is 0 Å². The van der Waals surface area contributed by atoms with Crippen LogP contribution in [0.3, 0.4) is 0 Å². The van der Waals surface area contributed by atoms with Crippen LogP contribution in [0.5, 0.6) is 0 Å². The maximum absolute atomic E-state index is 12.8. The van der Waals surface area contributed by atoms with Crippen molar-refractivity contribution in [2.24, 2.45) is 0 Å². The molecule has 2 amide bonds. The summed E-state index contributed by atoms with van der Waals surface area (Å²) in [5.74, 6) is 1.07. The summed E-state index contributed by atoms with van der Waals surface area (Å²) in [6, 6.07) is 15.5. The number of aliphatic hydroxyl groups is 1. The van der Waals surface area contributed by atoms with Gasteiger partial charge in [-0.2, -0.15) is 4.98 Å². The normalized spacial score (nSPS) is 16.0. The Labute approximate surface area is 257 Å². The molecule has 2 aromatic carbocycles. The van der Waals surface area contributed by atoms with Gasteiger partial charge in [0.1, 0.15) is 5.02 Å². The minimum atomic E-state index is -0.187. The lowest BCUT2D eigenvalue weighted by atomic mass is 10.0. The van der Waals surface area contributed by atoms with Crippen LogP contribution >= 0.6 is 11.6 Å². The van der Waals surface area contributed by atoms with E-state index in [0.29, 0.717) is 66.8 Å². The molecule has 12 heteroatoms. The third-order valence-electron chi connectivity index (χ3n) is 8.16. The maximum Gasteiger partial charge on any atom is 0.321 e. The second-order valence-electron chi connectivity index (χ2n) is 11.0. The summed E-state index contributed by atoms with van der Waals surface area (Å²) in [5.41, 5.74) is 3.31. The maximum atomic E-state index is 12.8. The first-order chi connectivity index (χ1) is 20.8. The third-order valence-corrected chi connectivity index (χ3v) is 8.43. The zero-order valence-corrected chi connectivity index (χ0v) is 25.4. The van der Waals surface area contributed by atoms with Gasteiger partial charge in [-0.05, 0) is 75.3 Å². The quantitative estimate of drug-likeness (QED) is 0.306. The summed E-state index contributed by atoms with van der Waals surface area (Å²) in [5, 5.41) is 15.9. The highest BCUT2D eigenvalue weighted by Crippen LogP contribution is 2.28. The first-order valence-corrected chi connectivity index (χ1v) is 15.1. The van der Waals surface area contributed by atoms with Crippen LogP contribution in [-0.2, 0) is 0 Å². The van der Waals surface area contributed by atoms with Crippen molar-refractivity contribution >= 4 is 52.2 Å². The number of anilines is 5. The van der Waals surface area contributed by atoms with Crippen molar-refractivity contribution in [3.63, 3.8) is 0 Å². The van der Waals surface area contributed by atoms with Gasteiger partial charge in [-0.1, -0.05) is 11.6 Å². The second-order valence-corrected chi connectivity index (χ2v) is 11.4. The van der Waals surface area contributed by atoms with E-state index in [2.05, 4.69) is 49.5 Å². The Bertz CT molecular complexity index is 1390. The SMILES string of the molecule is CC(=O)c1ccc(NC(=O)N2CCN(c3nc(Nc4ccc(N5CCC(N(C)CCO)CC5)cc4)ncc3Cl)CC2)cc1. The fraction of sp³-hybridized carbons (Fsp3) is 0.419. The van der Waals surface area contributed by atoms with E-state index in [1.807, 2.05) is 12.1 Å². The fourth-order valence-electron chi connectivity index (χ4n) is 5.54. The Kier molecular flexibility index (Phi) is 9.96. The topological polar surface area (TPSA) is 117 Å². The van der Waals surface area contributed by atoms with Crippen LogP contribution in [0.2, 0.25) is 5.02 Å². The van der Waals surface area contributed by atoms with Crippen LogP contribution in [0.15, 0.2) is 54.7 Å². The molecule has 3 aromatic rings. The number of Topliss-reactive ketones (excluding diaryl/α,β-unsaturated/α-hetero) is 1. The van der Waals surface area contributed by atoms with Crippen molar-refractivity contribution < 1.29 is 14.7 Å². The number of urea groups is 1. The molecule has 43 heavy (non-hydrogen) atoms. The molecule has 0 radical (unpaired) electrons. The lowest BCUT2D eigenvalue weighted by Gasteiger charge is -2.37. The number of ketones is 1. The van der Waals surface area contributed by atoms with Crippen molar-refractivity contribution in [3.8, 4) is 0 Å². The van der Waals surface area contributed by atoms with Gasteiger partial charge in [0.05, 0.1) is 12.8 Å². The van der Waals surface area contributed by atoms with Crippen LogP contribution in [-0.4, -0.2) is 102 Å². The van der Waals surface area contributed by atoms with Gasteiger partial charge in [0.2, 0.25) is 5.95 Å². The Morgan fingerprint density at radius 3 is 2.23 bits per heavy atom. The minimum Gasteiger partial charge on any atom is -0.395 e. The van der Waals surface area contributed by atoms with Gasteiger partial charge >= 0.3 is 6.03 Å². The number of carbonyl (C=O) groups is 2. The largest absolute Gasteiger partial charge is 0.395 e. The first-order valence-electron chi connectivity index (χ1n) is 14.7. The molecule has 0 aliphatic carbocycles. The fourth-order valence-corrected chi connectivity index (χ4v) is 5.75. The standard InChI is InChI=1S/C31H39ClN8O3/c1-22(42)23-3-5-25(6-4-23)35-31(43)40-17-15-39(16-18-40)29-28(32)21-33-30(36-29)34-24-7-9-27(10-8-24)38-13-11-26(12-14-38)37(2)19-20-41/h3-10,21,26,41H,11-20H2,1-2H3,(H,35,43)(H,33,34,36). The monoisotopic (exact) mass is 606 g/mol. The summed E-state index contributed by atoms with van der Waals surface area (Å²) in [6.45, 7) is 6.57. The average molecular weight is 607 g/mol. The number of hydrogen-bond acceptors (Lipinski definition) is 9. The molecule has 11 nitrogen and oxygen atoms in total. The number of likely N-dealkylation sites (N-methyl/N-ethyl adjacent to an activating group) is 1. The van der Waals surface area contributed by atoms with E-state index in [-0.39, 0.29) is 18.4 Å². The molecular formula is C31H39ClN8O3. The van der Waals surface area contributed by atoms with Crippen LogP contribution < -0.4 is 20.4 Å². The van der Waals surface area contributed by atoms with Crippen LogP contribution in [0.1, 0.15) is 30.1 Å². The van der Waals surface area contributed by atoms with E-state index < -0.39 is 0 Å². The molecule has 3 N–H and O–H groups in total. The number of amides is 2. The van der Waals surface area contributed by atoms with E-state index >= 15 is 0 Å². The molecule has 5 rings (SSSR count). The lowest BCUT2D eigenvalue weighted by Crippen LogP contribution is -2.50. The van der Waals surface area contributed by atoms with Gasteiger partial charge in [0.15, 0.2) is 11.6 Å². The summed E-state index contributed by atoms with van der Waals surface area (Å²) < 4.78 is 0. The predicted octanol–water partition coefficient (Wildman–Crippen LogP) is 4.32. The van der Waals surface area contributed by atoms with E-state index in [9.17, 15) is 14.7 Å². The number of aromatic nitrogens is 2. The highest BCUT2D eigenvalue weighted by molar-refractivity contribution is 6.32. The smallest absolute Gasteiger partial charge is 0.321 e.